The Bertz CT molecular complexity index is 2210. The van der Waals surface area contributed by atoms with Gasteiger partial charge >= 0.3 is 0 Å². The first-order valence-electron chi connectivity index (χ1n) is 16.3. The van der Waals surface area contributed by atoms with Crippen molar-refractivity contribution in [3.05, 3.63) is 131 Å². The molecule has 5 nitrogen and oxygen atoms in total. The molecule has 0 N–H and O–H groups in total. The highest BCUT2D eigenvalue weighted by molar-refractivity contribution is 6.09. The SMILES string of the molecule is CCc1cc(Oc2ccc3c4cc(C(C)CC)ccc4n(-c4cc(C)ccn4)c3c2)cc(-n2nc(C)c(-c3ccccc3)c2C)c1. The lowest BCUT2D eigenvalue weighted by Crippen LogP contribution is -2.01. The number of aromatic nitrogens is 4. The monoisotopic (exact) mass is 604 g/mol. The Balaban J connectivity index is 1.34. The smallest absolute Gasteiger partial charge is 0.137 e. The van der Waals surface area contributed by atoms with Crippen LogP contribution in [0.3, 0.4) is 0 Å². The lowest BCUT2D eigenvalue weighted by molar-refractivity contribution is 0.482. The van der Waals surface area contributed by atoms with Crippen LogP contribution in [-0.2, 0) is 6.42 Å². The van der Waals surface area contributed by atoms with Gasteiger partial charge in [-0.2, -0.15) is 5.10 Å². The second kappa shape index (κ2) is 12.0. The average molecular weight is 605 g/mol. The molecule has 3 aromatic heterocycles. The van der Waals surface area contributed by atoms with Gasteiger partial charge in [-0.15, -0.1) is 0 Å². The molecular formula is C41H40N4O. The Morgan fingerprint density at radius 1 is 0.761 bits per heavy atom. The van der Waals surface area contributed by atoms with Gasteiger partial charge in [0.1, 0.15) is 17.3 Å². The van der Waals surface area contributed by atoms with Gasteiger partial charge < -0.3 is 4.74 Å². The molecule has 0 aliphatic heterocycles. The van der Waals surface area contributed by atoms with Gasteiger partial charge in [0, 0.05) is 40.4 Å². The van der Waals surface area contributed by atoms with E-state index in [-0.39, 0.29) is 0 Å². The Morgan fingerprint density at radius 2 is 1.59 bits per heavy atom. The van der Waals surface area contributed by atoms with Crippen LogP contribution in [0.25, 0.3) is 44.4 Å². The largest absolute Gasteiger partial charge is 0.457 e. The standard InChI is InChI=1S/C41H40N4O/c1-7-27(4)32-14-17-38-37(23-32)36-16-15-34(25-39(36)44(38)40-20-26(3)18-19-42-40)46-35-22-30(8-2)21-33(24-35)45-29(6)41(28(5)43-45)31-12-10-9-11-13-31/h9-25,27H,7-8H2,1-6H3. The number of pyridine rings is 1. The van der Waals surface area contributed by atoms with Gasteiger partial charge in [0.2, 0.25) is 0 Å². The molecule has 7 rings (SSSR count). The minimum absolute atomic E-state index is 0.494. The molecule has 7 aromatic rings. The van der Waals surface area contributed by atoms with Crippen molar-refractivity contribution in [3.63, 3.8) is 0 Å². The quantitative estimate of drug-likeness (QED) is 0.173. The zero-order valence-corrected chi connectivity index (χ0v) is 27.5. The molecule has 0 aliphatic carbocycles. The Labute approximate surface area is 271 Å². The third kappa shape index (κ3) is 5.26. The Kier molecular flexibility index (Phi) is 7.69. The van der Waals surface area contributed by atoms with Gasteiger partial charge in [0.05, 0.1) is 22.4 Å². The summed E-state index contributed by atoms with van der Waals surface area (Å²) in [6.07, 6.45) is 3.88. The first-order chi connectivity index (χ1) is 22.3. The maximum atomic E-state index is 6.67. The Morgan fingerprint density at radius 3 is 2.35 bits per heavy atom. The summed E-state index contributed by atoms with van der Waals surface area (Å²) in [5.74, 6) is 2.97. The zero-order valence-electron chi connectivity index (χ0n) is 27.5. The minimum Gasteiger partial charge on any atom is -0.457 e. The molecule has 230 valence electrons. The van der Waals surface area contributed by atoms with E-state index in [0.29, 0.717) is 5.92 Å². The van der Waals surface area contributed by atoms with Crippen molar-refractivity contribution in [3.8, 4) is 34.1 Å². The normalized spacial score (nSPS) is 12.2. The van der Waals surface area contributed by atoms with Crippen LogP contribution in [0.2, 0.25) is 0 Å². The summed E-state index contributed by atoms with van der Waals surface area (Å²) in [4.78, 5) is 4.79. The highest BCUT2D eigenvalue weighted by Gasteiger charge is 2.18. The predicted molar refractivity (Wildman–Crippen MR) is 190 cm³/mol. The third-order valence-corrected chi connectivity index (χ3v) is 9.27. The number of hydrogen-bond donors (Lipinski definition) is 0. The summed E-state index contributed by atoms with van der Waals surface area (Å²) < 4.78 is 11.0. The molecular weight excluding hydrogens is 564 g/mol. The van der Waals surface area contributed by atoms with E-state index in [1.165, 1.54) is 38.6 Å². The topological polar surface area (TPSA) is 44.9 Å². The van der Waals surface area contributed by atoms with Crippen molar-refractivity contribution < 1.29 is 4.74 Å². The molecule has 1 atom stereocenters. The molecule has 5 heteroatoms. The van der Waals surface area contributed by atoms with E-state index >= 15 is 0 Å². The van der Waals surface area contributed by atoms with E-state index in [9.17, 15) is 0 Å². The van der Waals surface area contributed by atoms with E-state index in [2.05, 4.69) is 131 Å². The van der Waals surface area contributed by atoms with Crippen LogP contribution in [0, 0.1) is 20.8 Å². The fraction of sp³-hybridized carbons (Fsp3) is 0.220. The van der Waals surface area contributed by atoms with Crippen LogP contribution in [0.15, 0.2) is 103 Å². The van der Waals surface area contributed by atoms with Crippen molar-refractivity contribution in [2.45, 2.75) is 60.3 Å². The van der Waals surface area contributed by atoms with Crippen LogP contribution in [0.5, 0.6) is 11.5 Å². The number of benzene rings is 4. The molecule has 0 aliphatic rings. The van der Waals surface area contributed by atoms with Crippen LogP contribution in [-0.4, -0.2) is 19.3 Å². The van der Waals surface area contributed by atoms with Crippen molar-refractivity contribution in [1.29, 1.82) is 0 Å². The van der Waals surface area contributed by atoms with E-state index in [0.717, 1.165) is 58.3 Å². The van der Waals surface area contributed by atoms with E-state index in [1.807, 2.05) is 23.0 Å². The van der Waals surface area contributed by atoms with Gasteiger partial charge in [0.25, 0.3) is 0 Å². The summed E-state index contributed by atoms with van der Waals surface area (Å²) in [6.45, 7) is 13.0. The second-order valence-corrected chi connectivity index (χ2v) is 12.4. The van der Waals surface area contributed by atoms with Gasteiger partial charge in [-0.05, 0) is 110 Å². The zero-order chi connectivity index (χ0) is 31.9. The van der Waals surface area contributed by atoms with Gasteiger partial charge in [-0.25, -0.2) is 9.67 Å². The van der Waals surface area contributed by atoms with Crippen molar-refractivity contribution >= 4 is 21.8 Å². The fourth-order valence-corrected chi connectivity index (χ4v) is 6.59. The lowest BCUT2D eigenvalue weighted by Gasteiger charge is -2.13. The molecule has 0 radical (unpaired) electrons. The van der Waals surface area contributed by atoms with Crippen molar-refractivity contribution in [2.24, 2.45) is 0 Å². The van der Waals surface area contributed by atoms with Crippen LogP contribution >= 0.6 is 0 Å². The first kappa shape index (κ1) is 29.5. The number of aryl methyl sites for hydroxylation is 3. The lowest BCUT2D eigenvalue weighted by atomic mass is 9.97. The molecule has 4 aromatic carbocycles. The van der Waals surface area contributed by atoms with Gasteiger partial charge in [-0.1, -0.05) is 57.2 Å². The first-order valence-corrected chi connectivity index (χ1v) is 16.3. The molecule has 3 heterocycles. The van der Waals surface area contributed by atoms with Crippen molar-refractivity contribution in [1.82, 2.24) is 19.3 Å². The van der Waals surface area contributed by atoms with E-state index < -0.39 is 0 Å². The summed E-state index contributed by atoms with van der Waals surface area (Å²) in [5, 5.41) is 7.40. The summed E-state index contributed by atoms with van der Waals surface area (Å²) in [7, 11) is 0. The number of fused-ring (bicyclic) bond motifs is 3. The maximum Gasteiger partial charge on any atom is 0.137 e. The van der Waals surface area contributed by atoms with E-state index in [1.54, 1.807) is 0 Å². The molecule has 0 saturated carbocycles. The van der Waals surface area contributed by atoms with Crippen molar-refractivity contribution in [2.75, 3.05) is 0 Å². The fourth-order valence-electron chi connectivity index (χ4n) is 6.59. The second-order valence-electron chi connectivity index (χ2n) is 12.4. The molecule has 0 amide bonds. The summed E-state index contributed by atoms with van der Waals surface area (Å²) >= 11 is 0. The van der Waals surface area contributed by atoms with Gasteiger partial charge in [0.15, 0.2) is 0 Å². The van der Waals surface area contributed by atoms with Crippen LogP contribution < -0.4 is 4.74 Å². The number of ether oxygens (including phenoxy) is 1. The molecule has 46 heavy (non-hydrogen) atoms. The van der Waals surface area contributed by atoms with Gasteiger partial charge in [-0.3, -0.25) is 4.57 Å². The molecule has 1 unspecified atom stereocenters. The number of nitrogens with zero attached hydrogens (tertiary/aromatic N) is 4. The molecule has 0 saturated heterocycles. The molecule has 0 spiro atoms. The number of hydrogen-bond acceptors (Lipinski definition) is 3. The van der Waals surface area contributed by atoms with Crippen LogP contribution in [0.1, 0.15) is 61.2 Å². The predicted octanol–water partition coefficient (Wildman–Crippen LogP) is 10.8. The highest BCUT2D eigenvalue weighted by atomic mass is 16.5. The summed E-state index contributed by atoms with van der Waals surface area (Å²) in [6, 6.07) is 34.4. The number of rotatable bonds is 8. The average Bonchev–Trinajstić information content (AvgIpc) is 3.56. The summed E-state index contributed by atoms with van der Waals surface area (Å²) in [5.41, 5.74) is 11.4. The molecule has 0 bridgehead atoms. The maximum absolute atomic E-state index is 6.67. The van der Waals surface area contributed by atoms with Crippen LogP contribution in [0.4, 0.5) is 0 Å². The van der Waals surface area contributed by atoms with E-state index in [4.69, 9.17) is 14.8 Å². The highest BCUT2D eigenvalue weighted by Crippen LogP contribution is 2.38. The molecule has 0 fully saturated rings. The third-order valence-electron chi connectivity index (χ3n) is 9.27. The Hall–Kier alpha value is -5.16. The minimum atomic E-state index is 0.494.